The van der Waals surface area contributed by atoms with Crippen molar-refractivity contribution in [3.8, 4) is 0 Å². The average Bonchev–Trinajstić information content (AvgIpc) is 2.75. The molecule has 0 atom stereocenters. The predicted octanol–water partition coefficient (Wildman–Crippen LogP) is 1.94. The highest BCUT2D eigenvalue weighted by atomic mass is 19.1. The van der Waals surface area contributed by atoms with E-state index in [1.807, 2.05) is 0 Å². The van der Waals surface area contributed by atoms with Gasteiger partial charge in [0.1, 0.15) is 17.4 Å². The van der Waals surface area contributed by atoms with Crippen LogP contribution in [0.5, 0.6) is 0 Å². The van der Waals surface area contributed by atoms with Crippen LogP contribution in [-0.2, 0) is 22.7 Å². The molecule has 10 heteroatoms. The number of carbonyl (C=O) groups is 2. The van der Waals surface area contributed by atoms with Crippen molar-refractivity contribution in [3.05, 3.63) is 110 Å². The molecule has 0 bridgehead atoms. The molecule has 2 aromatic carbocycles. The summed E-state index contributed by atoms with van der Waals surface area (Å²) in [5.41, 5.74) is -2.53. The lowest BCUT2D eigenvalue weighted by atomic mass is 10.2. The molecule has 0 amide bonds. The van der Waals surface area contributed by atoms with Crippen molar-refractivity contribution in [2.75, 3.05) is 0 Å². The van der Waals surface area contributed by atoms with Gasteiger partial charge in [-0.25, -0.2) is 18.4 Å². The minimum absolute atomic E-state index is 0.00799. The molecule has 0 aliphatic heterocycles. The lowest BCUT2D eigenvalue weighted by Crippen LogP contribution is -2.42. The SMILES string of the molecule is O=C(O)C(=O)/C=C(\O)c1cn(Cc2ccccc2F)c(=O)n(Cc2ccccc2F)c1=O. The van der Waals surface area contributed by atoms with Crippen LogP contribution in [0.15, 0.2) is 70.4 Å². The van der Waals surface area contributed by atoms with Gasteiger partial charge in [0.05, 0.1) is 18.7 Å². The van der Waals surface area contributed by atoms with Crippen molar-refractivity contribution in [3.63, 3.8) is 0 Å². The molecule has 1 aromatic heterocycles. The van der Waals surface area contributed by atoms with Gasteiger partial charge in [0.25, 0.3) is 11.3 Å². The third-order valence-corrected chi connectivity index (χ3v) is 4.58. The summed E-state index contributed by atoms with van der Waals surface area (Å²) in [5, 5.41) is 18.9. The number of aliphatic carboxylic acids is 1. The first kappa shape index (κ1) is 22.3. The molecule has 3 aromatic rings. The van der Waals surface area contributed by atoms with Crippen LogP contribution in [0.2, 0.25) is 0 Å². The van der Waals surface area contributed by atoms with Crippen molar-refractivity contribution in [1.82, 2.24) is 9.13 Å². The topological polar surface area (TPSA) is 119 Å². The minimum Gasteiger partial charge on any atom is -0.507 e. The molecule has 0 saturated carbocycles. The number of carboxylic acid groups (broad SMARTS) is 1. The number of hydrogen-bond donors (Lipinski definition) is 2. The maximum atomic E-state index is 14.1. The number of nitrogens with zero attached hydrogens (tertiary/aromatic N) is 2. The van der Waals surface area contributed by atoms with E-state index in [-0.39, 0.29) is 17.7 Å². The zero-order valence-corrected chi connectivity index (χ0v) is 16.4. The minimum atomic E-state index is -1.87. The van der Waals surface area contributed by atoms with Gasteiger partial charge in [-0.1, -0.05) is 36.4 Å². The van der Waals surface area contributed by atoms with Gasteiger partial charge in [-0.05, 0) is 12.1 Å². The van der Waals surface area contributed by atoms with Gasteiger partial charge in [-0.2, -0.15) is 0 Å². The van der Waals surface area contributed by atoms with E-state index in [1.54, 1.807) is 0 Å². The molecule has 3 rings (SSSR count). The van der Waals surface area contributed by atoms with Crippen molar-refractivity contribution >= 4 is 17.5 Å². The first-order valence-corrected chi connectivity index (χ1v) is 9.18. The largest absolute Gasteiger partial charge is 0.507 e. The van der Waals surface area contributed by atoms with Crippen molar-refractivity contribution in [2.24, 2.45) is 0 Å². The molecular formula is C22H16F2N2O6. The Morgan fingerprint density at radius 1 is 0.875 bits per heavy atom. The van der Waals surface area contributed by atoms with Crippen LogP contribution in [0.25, 0.3) is 5.76 Å². The Hall–Kier alpha value is -4.34. The molecule has 0 aliphatic carbocycles. The number of rotatable bonds is 7. The van der Waals surface area contributed by atoms with Gasteiger partial charge < -0.3 is 10.2 Å². The van der Waals surface area contributed by atoms with Crippen LogP contribution in [-0.4, -0.2) is 31.1 Å². The highest BCUT2D eigenvalue weighted by molar-refractivity contribution is 6.38. The van der Waals surface area contributed by atoms with Crippen molar-refractivity contribution < 1.29 is 28.6 Å². The Morgan fingerprint density at radius 2 is 1.41 bits per heavy atom. The Bertz CT molecular complexity index is 1360. The lowest BCUT2D eigenvalue weighted by molar-refractivity contribution is -0.146. The Kier molecular flexibility index (Phi) is 6.43. The average molecular weight is 442 g/mol. The molecule has 8 nitrogen and oxygen atoms in total. The normalized spacial score (nSPS) is 11.4. The second kappa shape index (κ2) is 9.21. The fourth-order valence-electron chi connectivity index (χ4n) is 2.95. The first-order chi connectivity index (χ1) is 15.2. The first-order valence-electron chi connectivity index (χ1n) is 9.18. The Morgan fingerprint density at radius 3 is 1.94 bits per heavy atom. The number of aliphatic hydroxyl groups is 1. The summed E-state index contributed by atoms with van der Waals surface area (Å²) in [6, 6.07) is 10.9. The van der Waals surface area contributed by atoms with Crippen LogP contribution < -0.4 is 11.2 Å². The molecular weight excluding hydrogens is 426 g/mol. The molecule has 32 heavy (non-hydrogen) atoms. The van der Waals surface area contributed by atoms with Gasteiger partial charge >= 0.3 is 11.7 Å². The zero-order valence-electron chi connectivity index (χ0n) is 16.4. The van der Waals surface area contributed by atoms with Crippen LogP contribution in [0.3, 0.4) is 0 Å². The van der Waals surface area contributed by atoms with Crippen LogP contribution in [0, 0.1) is 11.6 Å². The smallest absolute Gasteiger partial charge is 0.376 e. The summed E-state index contributed by atoms with van der Waals surface area (Å²) >= 11 is 0. The Labute approximate surface area is 178 Å². The molecule has 0 aliphatic rings. The maximum absolute atomic E-state index is 14.1. The van der Waals surface area contributed by atoms with Gasteiger partial charge in [-0.3, -0.25) is 18.7 Å². The lowest BCUT2D eigenvalue weighted by Gasteiger charge is -2.14. The third kappa shape index (κ3) is 4.69. The van der Waals surface area contributed by atoms with Gasteiger partial charge in [-0.15, -0.1) is 0 Å². The molecule has 0 unspecified atom stereocenters. The number of halogens is 2. The fraction of sp³-hybridized carbons (Fsp3) is 0.0909. The molecule has 0 saturated heterocycles. The molecule has 0 fully saturated rings. The highest BCUT2D eigenvalue weighted by Crippen LogP contribution is 2.11. The summed E-state index contributed by atoms with van der Waals surface area (Å²) in [7, 11) is 0. The summed E-state index contributed by atoms with van der Waals surface area (Å²) in [4.78, 5) is 48.0. The van der Waals surface area contributed by atoms with E-state index >= 15 is 0 Å². The van der Waals surface area contributed by atoms with Crippen LogP contribution in [0.1, 0.15) is 16.7 Å². The summed E-state index contributed by atoms with van der Waals surface area (Å²) in [6.07, 6.45) is 1.19. The molecule has 0 spiro atoms. The molecule has 2 N–H and O–H groups in total. The summed E-state index contributed by atoms with van der Waals surface area (Å²) in [5.74, 6) is -5.71. The van der Waals surface area contributed by atoms with E-state index < -0.39 is 52.5 Å². The third-order valence-electron chi connectivity index (χ3n) is 4.58. The number of carbonyl (C=O) groups excluding carboxylic acids is 1. The Balaban J connectivity index is 2.21. The number of benzene rings is 2. The van der Waals surface area contributed by atoms with Crippen LogP contribution >= 0.6 is 0 Å². The molecule has 0 radical (unpaired) electrons. The number of aliphatic hydroxyl groups excluding tert-OH is 1. The number of aromatic nitrogens is 2. The van der Waals surface area contributed by atoms with E-state index in [0.717, 1.165) is 16.8 Å². The van der Waals surface area contributed by atoms with E-state index in [1.165, 1.54) is 42.5 Å². The predicted molar refractivity (Wildman–Crippen MR) is 109 cm³/mol. The second-order valence-corrected chi connectivity index (χ2v) is 6.73. The number of hydrogen-bond acceptors (Lipinski definition) is 5. The highest BCUT2D eigenvalue weighted by Gasteiger charge is 2.19. The van der Waals surface area contributed by atoms with Gasteiger partial charge in [0.2, 0.25) is 0 Å². The van der Waals surface area contributed by atoms with Crippen molar-refractivity contribution in [1.29, 1.82) is 0 Å². The van der Waals surface area contributed by atoms with E-state index in [4.69, 9.17) is 5.11 Å². The summed E-state index contributed by atoms with van der Waals surface area (Å²) < 4.78 is 29.7. The maximum Gasteiger partial charge on any atom is 0.376 e. The molecule has 164 valence electrons. The van der Waals surface area contributed by atoms with Crippen LogP contribution in [0.4, 0.5) is 8.78 Å². The van der Waals surface area contributed by atoms with Crippen molar-refractivity contribution in [2.45, 2.75) is 13.1 Å². The quantitative estimate of drug-likeness (QED) is 0.328. The monoisotopic (exact) mass is 442 g/mol. The van der Waals surface area contributed by atoms with E-state index in [0.29, 0.717) is 10.6 Å². The zero-order chi connectivity index (χ0) is 23.4. The van der Waals surface area contributed by atoms with Gasteiger partial charge in [0, 0.05) is 23.4 Å². The standard InChI is InChI=1S/C22H16F2N2O6/c23-16-7-3-1-5-13(16)10-25-12-15(18(27)9-19(28)21(30)31)20(29)26(22(25)32)11-14-6-2-4-8-17(14)24/h1-9,12,27H,10-11H2,(H,30,31)/b18-9-. The fourth-order valence-corrected chi connectivity index (χ4v) is 2.95. The number of ketones is 1. The van der Waals surface area contributed by atoms with Gasteiger partial charge in [0.15, 0.2) is 0 Å². The van der Waals surface area contributed by atoms with E-state index in [2.05, 4.69) is 0 Å². The van der Waals surface area contributed by atoms with E-state index in [9.17, 15) is 33.1 Å². The summed E-state index contributed by atoms with van der Waals surface area (Å²) in [6.45, 7) is -0.869. The molecule has 1 heterocycles. The second-order valence-electron chi connectivity index (χ2n) is 6.73. The number of carboxylic acids is 1.